The molecule has 1 fully saturated rings. The van der Waals surface area contributed by atoms with Gasteiger partial charge in [0.05, 0.1) is 10.6 Å². The first-order valence-corrected chi connectivity index (χ1v) is 5.57. The molecule has 0 atom stereocenters. The highest BCUT2D eigenvalue weighted by molar-refractivity contribution is 5.63. The molecule has 1 saturated carbocycles. The minimum Gasteiger partial charge on any atom is -0.380 e. The zero-order valence-corrected chi connectivity index (χ0v) is 9.69. The van der Waals surface area contributed by atoms with E-state index in [2.05, 4.69) is 17.7 Å². The highest BCUT2D eigenvalue weighted by atomic mass is 16.6. The minimum atomic E-state index is -0.422. The maximum absolute atomic E-state index is 10.8. The second kappa shape index (κ2) is 4.21. The summed E-state index contributed by atoms with van der Waals surface area (Å²) in [5.74, 6) is 5.30. The molecule has 1 aromatic rings. The number of hydrogen-bond donors (Lipinski definition) is 3. The Balaban J connectivity index is 2.26. The van der Waals surface area contributed by atoms with Crippen molar-refractivity contribution in [3.8, 4) is 0 Å². The monoisotopic (exact) mass is 236 g/mol. The molecule has 6 nitrogen and oxygen atoms in total. The van der Waals surface area contributed by atoms with Crippen LogP contribution in [0.2, 0.25) is 0 Å². The fraction of sp³-hybridized carbons (Fsp3) is 0.455. The topological polar surface area (TPSA) is 93.2 Å². The van der Waals surface area contributed by atoms with Crippen LogP contribution >= 0.6 is 0 Å². The minimum absolute atomic E-state index is 0.0332. The predicted molar refractivity (Wildman–Crippen MR) is 66.8 cm³/mol. The van der Waals surface area contributed by atoms with Crippen LogP contribution in [0.15, 0.2) is 18.2 Å². The van der Waals surface area contributed by atoms with Crippen LogP contribution in [-0.4, -0.2) is 10.5 Å². The standard InChI is InChI=1S/C11H16N4O2/c1-11(3-2-4-11)13-8-5-9(14-12)7-10(6-8)15(16)17/h5-7,13-14H,2-4,12H2,1H3. The molecule has 0 unspecified atom stereocenters. The third-order valence-electron chi connectivity index (χ3n) is 3.20. The Hall–Kier alpha value is -1.82. The van der Waals surface area contributed by atoms with Crippen molar-refractivity contribution < 1.29 is 4.92 Å². The number of nitrogen functional groups attached to an aromatic ring is 1. The number of benzene rings is 1. The molecule has 0 amide bonds. The molecule has 0 saturated heterocycles. The van der Waals surface area contributed by atoms with Gasteiger partial charge < -0.3 is 10.7 Å². The van der Waals surface area contributed by atoms with Gasteiger partial charge in [0.25, 0.3) is 5.69 Å². The van der Waals surface area contributed by atoms with Crippen LogP contribution in [-0.2, 0) is 0 Å². The number of hydrogen-bond acceptors (Lipinski definition) is 5. The molecule has 0 heterocycles. The molecule has 4 N–H and O–H groups in total. The lowest BCUT2D eigenvalue weighted by atomic mass is 9.78. The Morgan fingerprint density at radius 1 is 1.35 bits per heavy atom. The van der Waals surface area contributed by atoms with Crippen LogP contribution in [0.3, 0.4) is 0 Å². The summed E-state index contributed by atoms with van der Waals surface area (Å²) in [6.07, 6.45) is 3.36. The maximum Gasteiger partial charge on any atom is 0.273 e. The summed E-state index contributed by atoms with van der Waals surface area (Å²) in [4.78, 5) is 10.4. The molecule has 2 rings (SSSR count). The quantitative estimate of drug-likeness (QED) is 0.423. The normalized spacial score (nSPS) is 17.1. The van der Waals surface area contributed by atoms with Crippen LogP contribution in [0.5, 0.6) is 0 Å². The molecule has 92 valence electrons. The van der Waals surface area contributed by atoms with Gasteiger partial charge in [-0.25, -0.2) is 0 Å². The van der Waals surface area contributed by atoms with Crippen molar-refractivity contribution in [2.24, 2.45) is 5.84 Å². The average Bonchev–Trinajstić information content (AvgIpc) is 2.26. The number of non-ortho nitro benzene ring substituents is 1. The van der Waals surface area contributed by atoms with Crippen molar-refractivity contribution in [3.05, 3.63) is 28.3 Å². The number of nitrogens with one attached hydrogen (secondary N) is 2. The summed E-state index contributed by atoms with van der Waals surface area (Å²) in [7, 11) is 0. The Bertz CT molecular complexity index is 443. The fourth-order valence-corrected chi connectivity index (χ4v) is 2.05. The van der Waals surface area contributed by atoms with E-state index in [1.54, 1.807) is 6.07 Å². The number of nitro groups is 1. The van der Waals surface area contributed by atoms with Gasteiger partial charge in [0.15, 0.2) is 0 Å². The van der Waals surface area contributed by atoms with E-state index < -0.39 is 4.92 Å². The van der Waals surface area contributed by atoms with Gasteiger partial charge in [-0.15, -0.1) is 0 Å². The molecular formula is C11H16N4O2. The molecule has 17 heavy (non-hydrogen) atoms. The van der Waals surface area contributed by atoms with Crippen molar-refractivity contribution in [1.29, 1.82) is 0 Å². The summed E-state index contributed by atoms with van der Waals surface area (Å²) < 4.78 is 0. The second-order valence-corrected chi connectivity index (χ2v) is 4.71. The highest BCUT2D eigenvalue weighted by Gasteiger charge is 2.31. The van der Waals surface area contributed by atoms with Crippen LogP contribution in [0.4, 0.5) is 17.1 Å². The van der Waals surface area contributed by atoms with Gasteiger partial charge in [-0.2, -0.15) is 0 Å². The molecule has 1 aliphatic rings. The number of rotatable bonds is 4. The van der Waals surface area contributed by atoms with Crippen molar-refractivity contribution in [1.82, 2.24) is 0 Å². The summed E-state index contributed by atoms with van der Waals surface area (Å²) in [6, 6.07) is 4.72. The molecule has 0 aliphatic heterocycles. The van der Waals surface area contributed by atoms with Gasteiger partial charge in [-0.1, -0.05) is 0 Å². The lowest BCUT2D eigenvalue weighted by Crippen LogP contribution is -2.41. The first-order chi connectivity index (χ1) is 8.02. The van der Waals surface area contributed by atoms with Crippen molar-refractivity contribution in [2.45, 2.75) is 31.7 Å². The molecule has 1 aliphatic carbocycles. The van der Waals surface area contributed by atoms with E-state index in [0.717, 1.165) is 18.5 Å². The summed E-state index contributed by atoms with van der Waals surface area (Å²) in [6.45, 7) is 2.12. The third-order valence-corrected chi connectivity index (χ3v) is 3.20. The average molecular weight is 236 g/mol. The third kappa shape index (κ3) is 2.47. The van der Waals surface area contributed by atoms with Gasteiger partial charge in [-0.05, 0) is 32.3 Å². The largest absolute Gasteiger partial charge is 0.380 e. The van der Waals surface area contributed by atoms with Crippen LogP contribution in [0.1, 0.15) is 26.2 Å². The van der Waals surface area contributed by atoms with E-state index in [9.17, 15) is 10.1 Å². The van der Waals surface area contributed by atoms with E-state index in [0.29, 0.717) is 5.69 Å². The second-order valence-electron chi connectivity index (χ2n) is 4.71. The smallest absolute Gasteiger partial charge is 0.273 e. The number of hydrazine groups is 1. The Labute approximate surface area is 99.3 Å². The summed E-state index contributed by atoms with van der Waals surface area (Å²) in [5.41, 5.74) is 3.79. The lowest BCUT2D eigenvalue weighted by molar-refractivity contribution is -0.384. The van der Waals surface area contributed by atoms with E-state index in [1.807, 2.05) is 0 Å². The summed E-state index contributed by atoms with van der Waals surface area (Å²) in [5, 5.41) is 14.1. The predicted octanol–water partition coefficient (Wildman–Crippen LogP) is 2.23. The van der Waals surface area contributed by atoms with E-state index in [4.69, 9.17) is 5.84 Å². The zero-order valence-electron chi connectivity index (χ0n) is 9.69. The Morgan fingerprint density at radius 2 is 2.00 bits per heavy atom. The molecule has 1 aromatic carbocycles. The fourth-order valence-electron chi connectivity index (χ4n) is 2.05. The van der Waals surface area contributed by atoms with Crippen molar-refractivity contribution >= 4 is 17.1 Å². The first-order valence-electron chi connectivity index (χ1n) is 5.57. The zero-order chi connectivity index (χ0) is 12.5. The summed E-state index contributed by atoms with van der Waals surface area (Å²) >= 11 is 0. The number of nitrogens with zero attached hydrogens (tertiary/aromatic N) is 1. The molecule has 6 heteroatoms. The van der Waals surface area contributed by atoms with Gasteiger partial charge in [0.1, 0.15) is 0 Å². The lowest BCUT2D eigenvalue weighted by Gasteiger charge is -2.40. The molecule has 0 aromatic heterocycles. The highest BCUT2D eigenvalue weighted by Crippen LogP contribution is 2.36. The van der Waals surface area contributed by atoms with Gasteiger partial charge >= 0.3 is 0 Å². The van der Waals surface area contributed by atoms with Crippen LogP contribution in [0, 0.1) is 10.1 Å². The number of nitro benzene ring substituents is 1. The Kier molecular flexibility index (Phi) is 2.89. The van der Waals surface area contributed by atoms with Gasteiger partial charge in [-0.3, -0.25) is 16.0 Å². The van der Waals surface area contributed by atoms with Gasteiger partial charge in [0, 0.05) is 23.4 Å². The molecular weight excluding hydrogens is 220 g/mol. The van der Waals surface area contributed by atoms with Crippen molar-refractivity contribution in [3.63, 3.8) is 0 Å². The maximum atomic E-state index is 10.8. The van der Waals surface area contributed by atoms with Crippen molar-refractivity contribution in [2.75, 3.05) is 10.7 Å². The van der Waals surface area contributed by atoms with Crippen LogP contribution < -0.4 is 16.6 Å². The first kappa shape index (κ1) is 11.7. The van der Waals surface area contributed by atoms with E-state index in [-0.39, 0.29) is 11.2 Å². The molecule has 0 spiro atoms. The van der Waals surface area contributed by atoms with E-state index in [1.165, 1.54) is 18.6 Å². The molecule has 0 bridgehead atoms. The molecule has 0 radical (unpaired) electrons. The Morgan fingerprint density at radius 3 is 2.47 bits per heavy atom. The van der Waals surface area contributed by atoms with E-state index >= 15 is 0 Å². The van der Waals surface area contributed by atoms with Gasteiger partial charge in [0.2, 0.25) is 0 Å². The van der Waals surface area contributed by atoms with Crippen LogP contribution in [0.25, 0.3) is 0 Å². The number of anilines is 2. The number of nitrogens with two attached hydrogens (primary N) is 1. The SMILES string of the molecule is CC1(Nc2cc(NN)cc([N+](=O)[O-])c2)CCC1.